The van der Waals surface area contributed by atoms with Gasteiger partial charge in [0, 0.05) is 0 Å². The highest BCUT2D eigenvalue weighted by Crippen LogP contribution is 2.78. The first-order valence-corrected chi connectivity index (χ1v) is 18.9. The van der Waals surface area contributed by atoms with E-state index >= 15 is 0 Å². The summed E-state index contributed by atoms with van der Waals surface area (Å²) < 4.78 is 5.05. The largest absolute Gasteiger partial charge is 0.465 e. The highest BCUT2D eigenvalue weighted by atomic mass is 16.5. The zero-order chi connectivity index (χ0) is 32.0. The van der Waals surface area contributed by atoms with E-state index in [9.17, 15) is 4.79 Å². The lowest BCUT2D eigenvalue weighted by atomic mass is 9.32. The minimum atomic E-state index is -0.135. The Morgan fingerprint density at radius 1 is 0.773 bits per heavy atom. The number of unbranched alkanes of at least 4 members (excludes halogenated alkanes) is 1. The van der Waals surface area contributed by atoms with Crippen LogP contribution in [0.5, 0.6) is 0 Å². The van der Waals surface area contributed by atoms with Crippen LogP contribution in [0.15, 0.2) is 30.3 Å². The zero-order valence-corrected chi connectivity index (χ0v) is 30.3. The van der Waals surface area contributed by atoms with Crippen molar-refractivity contribution in [1.82, 2.24) is 0 Å². The molecule has 0 spiro atoms. The molecule has 0 bridgehead atoms. The maximum atomic E-state index is 11.3. The van der Waals surface area contributed by atoms with Crippen molar-refractivity contribution in [3.63, 3.8) is 0 Å². The van der Waals surface area contributed by atoms with Gasteiger partial charge in [-0.2, -0.15) is 0 Å². The lowest BCUT2D eigenvalue weighted by Crippen LogP contribution is -2.65. The number of esters is 1. The predicted octanol–water partition coefficient (Wildman–Crippen LogP) is 11.7. The molecule has 0 radical (unpaired) electrons. The van der Waals surface area contributed by atoms with Crippen molar-refractivity contribution in [2.24, 2.45) is 62.6 Å². The molecule has 5 aliphatic carbocycles. The molecule has 5 saturated carbocycles. The lowest BCUT2D eigenvalue weighted by Gasteiger charge is -2.73. The monoisotopic (exact) mass is 605 g/mol. The van der Waals surface area contributed by atoms with E-state index in [4.69, 9.17) is 4.74 Å². The van der Waals surface area contributed by atoms with Crippen molar-refractivity contribution in [2.45, 2.75) is 152 Å². The second kappa shape index (κ2) is 12.7. The van der Waals surface area contributed by atoms with Crippen molar-refractivity contribution in [3.05, 3.63) is 35.9 Å². The molecule has 0 aromatic heterocycles. The Morgan fingerprint density at radius 2 is 1.41 bits per heavy atom. The van der Waals surface area contributed by atoms with E-state index in [0.717, 1.165) is 53.9 Å². The van der Waals surface area contributed by atoms with Gasteiger partial charge < -0.3 is 4.74 Å². The normalized spacial score (nSPS) is 42.2. The van der Waals surface area contributed by atoms with E-state index in [0.29, 0.717) is 40.1 Å². The number of benzene rings is 1. The van der Waals surface area contributed by atoms with E-state index in [1.165, 1.54) is 70.6 Å². The van der Waals surface area contributed by atoms with Gasteiger partial charge in [0.2, 0.25) is 0 Å². The standard InChI is InChI=1S/C30H52.C12H16O2/c1-20(2)21-12-17-27(5)22(21)13-18-29(7)24(27)10-11-25-28(6)16-9-15-26(3,4)23(28)14-19-30(25,29)8;1-2-3-9-14-12(13)10-11-7-5-4-6-8-11/h20-25H,9-19H2,1-8H3;4-8H,2-3,9-10H2,1H3/t21-,22+,23+,24-,25-,27+,28+,29-,30-;/m1./s1. The second-order valence-electron chi connectivity index (χ2n) is 18.3. The van der Waals surface area contributed by atoms with Crippen LogP contribution < -0.4 is 0 Å². The summed E-state index contributed by atoms with van der Waals surface area (Å²) >= 11 is 0. The Hall–Kier alpha value is -1.31. The van der Waals surface area contributed by atoms with Gasteiger partial charge in [0.15, 0.2) is 0 Å². The molecule has 5 aliphatic rings. The summed E-state index contributed by atoms with van der Waals surface area (Å²) in [4.78, 5) is 11.3. The smallest absolute Gasteiger partial charge is 0.310 e. The maximum Gasteiger partial charge on any atom is 0.310 e. The molecule has 44 heavy (non-hydrogen) atoms. The Bertz CT molecular complexity index is 1120. The van der Waals surface area contributed by atoms with Gasteiger partial charge in [0.05, 0.1) is 13.0 Å². The van der Waals surface area contributed by atoms with Crippen molar-refractivity contribution in [1.29, 1.82) is 0 Å². The minimum Gasteiger partial charge on any atom is -0.465 e. The average Bonchev–Trinajstić information content (AvgIpc) is 3.31. The van der Waals surface area contributed by atoms with Gasteiger partial charge in [-0.15, -0.1) is 0 Å². The third-order valence-corrected chi connectivity index (χ3v) is 15.6. The number of carbonyl (C=O) groups excluding carboxylic acids is 1. The van der Waals surface area contributed by atoms with E-state index in [2.05, 4.69) is 62.3 Å². The Morgan fingerprint density at radius 3 is 2.05 bits per heavy atom. The van der Waals surface area contributed by atoms with Gasteiger partial charge >= 0.3 is 5.97 Å². The first-order valence-electron chi connectivity index (χ1n) is 18.9. The fraction of sp³-hybridized carbons (Fsp3) is 0.833. The molecular formula is C42H68O2. The molecule has 1 aromatic carbocycles. The van der Waals surface area contributed by atoms with Crippen molar-refractivity contribution in [3.8, 4) is 0 Å². The second-order valence-corrected chi connectivity index (χ2v) is 18.3. The van der Waals surface area contributed by atoms with Crippen LogP contribution in [0.1, 0.15) is 151 Å². The van der Waals surface area contributed by atoms with Gasteiger partial charge in [-0.3, -0.25) is 4.79 Å². The molecule has 0 heterocycles. The fourth-order valence-corrected chi connectivity index (χ4v) is 13.3. The van der Waals surface area contributed by atoms with Crippen LogP contribution in [0.3, 0.4) is 0 Å². The molecule has 2 nitrogen and oxygen atoms in total. The predicted molar refractivity (Wildman–Crippen MR) is 185 cm³/mol. The molecule has 0 N–H and O–H groups in total. The van der Waals surface area contributed by atoms with Crippen LogP contribution in [0.25, 0.3) is 0 Å². The molecule has 0 saturated heterocycles. The highest BCUT2D eigenvalue weighted by Gasteiger charge is 2.70. The summed E-state index contributed by atoms with van der Waals surface area (Å²) in [5, 5.41) is 0. The molecule has 2 heteroatoms. The van der Waals surface area contributed by atoms with Gasteiger partial charge in [0.25, 0.3) is 0 Å². The highest BCUT2D eigenvalue weighted by molar-refractivity contribution is 5.72. The van der Waals surface area contributed by atoms with E-state index in [1.807, 2.05) is 30.3 Å². The minimum absolute atomic E-state index is 0.135. The molecule has 5 fully saturated rings. The topological polar surface area (TPSA) is 26.3 Å². The molecule has 9 atom stereocenters. The SMILES string of the molecule is CC(C)[C@H]1CC[C@]2(C)[C@H]3CC[C@@H]4[C@@]5(C)CCCC(C)(C)[C@@H]5CC[C@@]4(C)[C@]3(C)CC[C@@H]12.CCCCOC(=O)Cc1ccccc1. The van der Waals surface area contributed by atoms with Gasteiger partial charge in [0.1, 0.15) is 0 Å². The summed E-state index contributed by atoms with van der Waals surface area (Å²) in [5.74, 6) is 5.66. The van der Waals surface area contributed by atoms with Crippen LogP contribution >= 0.6 is 0 Å². The fourth-order valence-electron chi connectivity index (χ4n) is 13.3. The number of carbonyl (C=O) groups is 1. The number of hydrogen-bond donors (Lipinski definition) is 0. The Kier molecular flexibility index (Phi) is 9.83. The van der Waals surface area contributed by atoms with Crippen LogP contribution in [0, 0.1) is 62.6 Å². The average molecular weight is 605 g/mol. The number of hydrogen-bond acceptors (Lipinski definition) is 2. The number of ether oxygens (including phenoxy) is 1. The molecule has 248 valence electrons. The van der Waals surface area contributed by atoms with Crippen molar-refractivity contribution in [2.75, 3.05) is 6.61 Å². The summed E-state index contributed by atoms with van der Waals surface area (Å²) in [5.41, 5.74) is 3.93. The Labute approximate surface area is 272 Å². The van der Waals surface area contributed by atoms with Gasteiger partial charge in [-0.05, 0) is 139 Å². The van der Waals surface area contributed by atoms with E-state index < -0.39 is 0 Å². The van der Waals surface area contributed by atoms with Gasteiger partial charge in [-0.25, -0.2) is 0 Å². The van der Waals surface area contributed by atoms with Crippen LogP contribution in [-0.4, -0.2) is 12.6 Å². The third kappa shape index (κ3) is 5.74. The molecule has 0 amide bonds. The summed E-state index contributed by atoms with van der Waals surface area (Å²) in [6.07, 6.45) is 19.0. The van der Waals surface area contributed by atoms with Crippen LogP contribution in [0.4, 0.5) is 0 Å². The zero-order valence-electron chi connectivity index (χ0n) is 30.3. The first kappa shape index (κ1) is 34.0. The quantitative estimate of drug-likeness (QED) is 0.238. The maximum absolute atomic E-state index is 11.3. The first-order chi connectivity index (χ1) is 20.7. The molecule has 1 aromatic rings. The Balaban J connectivity index is 0.000000232. The van der Waals surface area contributed by atoms with Crippen LogP contribution in [0.2, 0.25) is 0 Å². The molecule has 6 rings (SSSR count). The van der Waals surface area contributed by atoms with Crippen molar-refractivity contribution < 1.29 is 9.53 Å². The van der Waals surface area contributed by atoms with Crippen LogP contribution in [-0.2, 0) is 16.0 Å². The van der Waals surface area contributed by atoms with Gasteiger partial charge in [-0.1, -0.05) is 105 Å². The molecular weight excluding hydrogens is 536 g/mol. The van der Waals surface area contributed by atoms with E-state index in [-0.39, 0.29) is 5.97 Å². The summed E-state index contributed by atoms with van der Waals surface area (Å²) in [6, 6.07) is 9.65. The molecule has 0 unspecified atom stereocenters. The molecule has 0 aliphatic heterocycles. The number of rotatable bonds is 6. The lowest BCUT2D eigenvalue weighted by molar-refractivity contribution is -0.241. The summed E-state index contributed by atoms with van der Waals surface area (Å²) in [7, 11) is 0. The van der Waals surface area contributed by atoms with E-state index in [1.54, 1.807) is 0 Å². The van der Waals surface area contributed by atoms with Crippen molar-refractivity contribution >= 4 is 5.97 Å². The summed E-state index contributed by atoms with van der Waals surface area (Å²) in [6.45, 7) is 24.0. The third-order valence-electron chi connectivity index (χ3n) is 15.6. The number of fused-ring (bicyclic) bond motifs is 7.